The number of benzene rings is 1. The highest BCUT2D eigenvalue weighted by Crippen LogP contribution is 2.19. The first-order chi connectivity index (χ1) is 7.77. The molecular formula is C13H17ClN2. The molecule has 0 amide bonds. The van der Waals surface area contributed by atoms with Gasteiger partial charge in [0.05, 0.1) is 5.02 Å². The third-order valence-electron chi connectivity index (χ3n) is 3.10. The fraction of sp³-hybridized carbons (Fsp3) is 0.462. The topological polar surface area (TPSA) is 35.9 Å². The molecule has 0 unspecified atom stereocenters. The first-order valence-corrected chi connectivity index (χ1v) is 6.25. The first kappa shape index (κ1) is 11.5. The lowest BCUT2D eigenvalue weighted by molar-refractivity contribution is 0.413. The van der Waals surface area contributed by atoms with Crippen molar-refractivity contribution in [2.45, 2.75) is 38.1 Å². The van der Waals surface area contributed by atoms with Crippen LogP contribution in [-0.4, -0.2) is 11.9 Å². The highest BCUT2D eigenvalue weighted by molar-refractivity contribution is 6.33. The van der Waals surface area contributed by atoms with Crippen LogP contribution in [0.3, 0.4) is 0 Å². The van der Waals surface area contributed by atoms with Crippen LogP contribution in [-0.2, 0) is 0 Å². The normalized spacial score (nSPS) is 17.1. The number of amidine groups is 1. The molecule has 0 saturated heterocycles. The van der Waals surface area contributed by atoms with Crippen LogP contribution >= 0.6 is 11.6 Å². The maximum atomic E-state index is 8.01. The fourth-order valence-electron chi connectivity index (χ4n) is 2.19. The molecule has 2 nitrogen and oxygen atoms in total. The van der Waals surface area contributed by atoms with Gasteiger partial charge in [0, 0.05) is 11.6 Å². The van der Waals surface area contributed by atoms with Gasteiger partial charge in [0.15, 0.2) is 0 Å². The van der Waals surface area contributed by atoms with Gasteiger partial charge in [-0.3, -0.25) is 5.41 Å². The quantitative estimate of drug-likeness (QED) is 0.598. The summed E-state index contributed by atoms with van der Waals surface area (Å²) in [5.41, 5.74) is 0.801. The Morgan fingerprint density at radius 2 is 1.88 bits per heavy atom. The standard InChI is InChI=1S/C13H17ClN2/c14-12-9-5-4-8-11(12)13(15)16-10-6-2-1-3-7-10/h4-5,8-10H,1-3,6-7H2,(H2,15,16). The van der Waals surface area contributed by atoms with Crippen molar-refractivity contribution in [1.29, 1.82) is 5.41 Å². The Balaban J connectivity index is 2.00. The molecule has 3 heteroatoms. The number of hydrogen-bond donors (Lipinski definition) is 2. The van der Waals surface area contributed by atoms with Crippen LogP contribution < -0.4 is 5.32 Å². The van der Waals surface area contributed by atoms with E-state index in [1.807, 2.05) is 24.3 Å². The van der Waals surface area contributed by atoms with Crippen molar-refractivity contribution in [2.75, 3.05) is 0 Å². The molecule has 1 aliphatic rings. The van der Waals surface area contributed by atoms with E-state index in [-0.39, 0.29) is 0 Å². The van der Waals surface area contributed by atoms with Crippen molar-refractivity contribution in [3.05, 3.63) is 34.9 Å². The molecule has 86 valence electrons. The second-order valence-electron chi connectivity index (χ2n) is 4.33. The summed E-state index contributed by atoms with van der Waals surface area (Å²) in [4.78, 5) is 0. The maximum Gasteiger partial charge on any atom is 0.127 e. The van der Waals surface area contributed by atoms with E-state index in [4.69, 9.17) is 17.0 Å². The molecule has 1 aromatic carbocycles. The van der Waals surface area contributed by atoms with Crippen molar-refractivity contribution < 1.29 is 0 Å². The van der Waals surface area contributed by atoms with Crippen LogP contribution in [0.4, 0.5) is 0 Å². The molecule has 2 rings (SSSR count). The molecular weight excluding hydrogens is 220 g/mol. The zero-order chi connectivity index (χ0) is 11.4. The minimum Gasteiger partial charge on any atom is -0.367 e. The molecule has 1 fully saturated rings. The van der Waals surface area contributed by atoms with Crippen LogP contribution in [0.2, 0.25) is 5.02 Å². The zero-order valence-corrected chi connectivity index (χ0v) is 10.1. The number of hydrogen-bond acceptors (Lipinski definition) is 1. The predicted octanol–water partition coefficient (Wildman–Crippen LogP) is 3.59. The second kappa shape index (κ2) is 5.35. The summed E-state index contributed by atoms with van der Waals surface area (Å²) in [5.74, 6) is 0.456. The van der Waals surface area contributed by atoms with Gasteiger partial charge in [0.1, 0.15) is 5.84 Å². The molecule has 1 aliphatic carbocycles. The highest BCUT2D eigenvalue weighted by Gasteiger charge is 2.15. The van der Waals surface area contributed by atoms with Crippen LogP contribution in [0.25, 0.3) is 0 Å². The maximum absolute atomic E-state index is 8.01. The van der Waals surface area contributed by atoms with Crippen molar-refractivity contribution in [1.82, 2.24) is 5.32 Å². The van der Waals surface area contributed by atoms with E-state index in [9.17, 15) is 0 Å². The Labute approximate surface area is 102 Å². The molecule has 0 atom stereocenters. The summed E-state index contributed by atoms with van der Waals surface area (Å²) in [6, 6.07) is 7.98. The number of halogens is 1. The van der Waals surface area contributed by atoms with Gasteiger partial charge in [0.2, 0.25) is 0 Å². The average molecular weight is 237 g/mol. The van der Waals surface area contributed by atoms with Gasteiger partial charge in [-0.2, -0.15) is 0 Å². The number of nitrogens with one attached hydrogen (secondary N) is 2. The van der Waals surface area contributed by atoms with Gasteiger partial charge in [-0.1, -0.05) is 43.0 Å². The van der Waals surface area contributed by atoms with Crippen molar-refractivity contribution in [3.8, 4) is 0 Å². The Kier molecular flexibility index (Phi) is 3.83. The van der Waals surface area contributed by atoms with E-state index < -0.39 is 0 Å². The first-order valence-electron chi connectivity index (χ1n) is 5.87. The van der Waals surface area contributed by atoms with Crippen LogP contribution in [0.1, 0.15) is 37.7 Å². The Morgan fingerprint density at radius 3 is 2.56 bits per heavy atom. The van der Waals surface area contributed by atoms with Gasteiger partial charge < -0.3 is 5.32 Å². The monoisotopic (exact) mass is 236 g/mol. The van der Waals surface area contributed by atoms with E-state index in [1.165, 1.54) is 32.1 Å². The van der Waals surface area contributed by atoms with Gasteiger partial charge in [0.25, 0.3) is 0 Å². The molecule has 0 heterocycles. The lowest BCUT2D eigenvalue weighted by Gasteiger charge is -2.24. The van der Waals surface area contributed by atoms with Gasteiger partial charge in [-0.05, 0) is 25.0 Å². The average Bonchev–Trinajstić information content (AvgIpc) is 2.31. The third-order valence-corrected chi connectivity index (χ3v) is 3.43. The molecule has 0 aromatic heterocycles. The smallest absolute Gasteiger partial charge is 0.127 e. The van der Waals surface area contributed by atoms with Gasteiger partial charge in [-0.15, -0.1) is 0 Å². The third kappa shape index (κ3) is 2.76. The largest absolute Gasteiger partial charge is 0.367 e. The van der Waals surface area contributed by atoms with E-state index >= 15 is 0 Å². The molecule has 0 spiro atoms. The lowest BCUT2D eigenvalue weighted by Crippen LogP contribution is -2.36. The SMILES string of the molecule is N=C(NC1CCCCC1)c1ccccc1Cl. The summed E-state index contributed by atoms with van der Waals surface area (Å²) < 4.78 is 0. The number of rotatable bonds is 2. The van der Waals surface area contributed by atoms with Crippen LogP contribution in [0, 0.1) is 5.41 Å². The molecule has 0 bridgehead atoms. The molecule has 0 radical (unpaired) electrons. The van der Waals surface area contributed by atoms with Crippen molar-refractivity contribution in [3.63, 3.8) is 0 Å². The van der Waals surface area contributed by atoms with Crippen molar-refractivity contribution in [2.24, 2.45) is 0 Å². The Morgan fingerprint density at radius 1 is 1.19 bits per heavy atom. The summed E-state index contributed by atoms with van der Waals surface area (Å²) in [5, 5.41) is 11.9. The fourth-order valence-corrected chi connectivity index (χ4v) is 2.42. The van der Waals surface area contributed by atoms with Gasteiger partial charge >= 0.3 is 0 Å². The molecule has 0 aliphatic heterocycles. The molecule has 1 aromatic rings. The van der Waals surface area contributed by atoms with Crippen LogP contribution in [0.5, 0.6) is 0 Å². The molecule has 2 N–H and O–H groups in total. The Bertz CT molecular complexity index is 370. The van der Waals surface area contributed by atoms with E-state index in [0.29, 0.717) is 16.9 Å². The minimum atomic E-state index is 0.456. The van der Waals surface area contributed by atoms with Crippen molar-refractivity contribution >= 4 is 17.4 Å². The minimum absolute atomic E-state index is 0.456. The summed E-state index contributed by atoms with van der Waals surface area (Å²) >= 11 is 6.06. The van der Waals surface area contributed by atoms with Crippen LogP contribution in [0.15, 0.2) is 24.3 Å². The second-order valence-corrected chi connectivity index (χ2v) is 4.74. The summed E-state index contributed by atoms with van der Waals surface area (Å²) in [6.45, 7) is 0. The van der Waals surface area contributed by atoms with Gasteiger partial charge in [-0.25, -0.2) is 0 Å². The lowest BCUT2D eigenvalue weighted by atomic mass is 9.95. The Hall–Kier alpha value is -1.02. The highest BCUT2D eigenvalue weighted by atomic mass is 35.5. The summed E-state index contributed by atoms with van der Waals surface area (Å²) in [6.07, 6.45) is 6.22. The van der Waals surface area contributed by atoms with E-state index in [2.05, 4.69) is 5.32 Å². The van der Waals surface area contributed by atoms with E-state index in [1.54, 1.807) is 0 Å². The molecule has 16 heavy (non-hydrogen) atoms. The zero-order valence-electron chi connectivity index (χ0n) is 9.30. The van der Waals surface area contributed by atoms with E-state index in [0.717, 1.165) is 5.56 Å². The molecule has 1 saturated carbocycles. The predicted molar refractivity (Wildman–Crippen MR) is 68.3 cm³/mol. The summed E-state index contributed by atoms with van der Waals surface area (Å²) in [7, 11) is 0.